The Morgan fingerprint density at radius 1 is 1.30 bits per heavy atom. The van der Waals surface area contributed by atoms with E-state index in [1.807, 2.05) is 0 Å². The summed E-state index contributed by atoms with van der Waals surface area (Å²) in [6, 6.07) is 10.6. The fraction of sp³-hybridized carbons (Fsp3) is 0.647. The number of hydrogen-bond donors (Lipinski definition) is 1. The fourth-order valence-corrected chi connectivity index (χ4v) is 3.04. The monoisotopic (exact) mass is 276 g/mol. The average Bonchev–Trinajstić information content (AvgIpc) is 2.49. The van der Waals surface area contributed by atoms with E-state index in [1.54, 1.807) is 0 Å². The van der Waals surface area contributed by atoms with Gasteiger partial charge in [-0.15, -0.1) is 0 Å². The van der Waals surface area contributed by atoms with Gasteiger partial charge < -0.3 is 15.0 Å². The molecule has 0 amide bonds. The van der Waals surface area contributed by atoms with Crippen molar-refractivity contribution < 1.29 is 4.74 Å². The molecule has 0 spiro atoms. The van der Waals surface area contributed by atoms with Crippen LogP contribution in [-0.4, -0.2) is 39.9 Å². The maximum atomic E-state index is 5.79. The van der Waals surface area contributed by atoms with Gasteiger partial charge in [-0.05, 0) is 37.9 Å². The zero-order chi connectivity index (χ0) is 14.3. The molecule has 1 aliphatic rings. The van der Waals surface area contributed by atoms with Crippen molar-refractivity contribution >= 4 is 5.69 Å². The highest BCUT2D eigenvalue weighted by molar-refractivity contribution is 5.45. The Morgan fingerprint density at radius 3 is 2.75 bits per heavy atom. The number of hydrogen-bond acceptors (Lipinski definition) is 3. The van der Waals surface area contributed by atoms with Gasteiger partial charge in [0.05, 0.1) is 6.61 Å². The second-order valence-electron chi connectivity index (χ2n) is 6.02. The van der Waals surface area contributed by atoms with Gasteiger partial charge in [0.15, 0.2) is 0 Å². The molecule has 0 bridgehead atoms. The zero-order valence-corrected chi connectivity index (χ0v) is 12.9. The lowest BCUT2D eigenvalue weighted by Crippen LogP contribution is -2.48. The highest BCUT2D eigenvalue weighted by Gasteiger charge is 2.33. The fourth-order valence-electron chi connectivity index (χ4n) is 3.04. The standard InChI is InChI=1S/C17H28N2O/c1-3-11-18-13-17(10-7-12-20-15-17)14-19(2)16-8-5-4-6-9-16/h4-6,8-9,18H,3,7,10-15H2,1-2H3. The number of nitrogens with one attached hydrogen (secondary N) is 1. The van der Waals surface area contributed by atoms with Crippen LogP contribution in [0.4, 0.5) is 5.69 Å². The van der Waals surface area contributed by atoms with Crippen LogP contribution in [0.3, 0.4) is 0 Å². The second-order valence-corrected chi connectivity index (χ2v) is 6.02. The Morgan fingerprint density at radius 2 is 2.10 bits per heavy atom. The summed E-state index contributed by atoms with van der Waals surface area (Å²) in [5, 5.41) is 3.60. The normalized spacial score (nSPS) is 22.7. The minimum Gasteiger partial charge on any atom is -0.381 e. The lowest BCUT2D eigenvalue weighted by Gasteiger charge is -2.40. The number of ether oxygens (including phenoxy) is 1. The largest absolute Gasteiger partial charge is 0.381 e. The molecule has 1 heterocycles. The second kappa shape index (κ2) is 7.65. The van der Waals surface area contributed by atoms with E-state index in [0.29, 0.717) is 0 Å². The minimum absolute atomic E-state index is 0.248. The molecule has 3 nitrogen and oxygen atoms in total. The van der Waals surface area contributed by atoms with Crippen LogP contribution in [-0.2, 0) is 4.74 Å². The first-order valence-electron chi connectivity index (χ1n) is 7.80. The molecule has 1 aromatic carbocycles. The molecule has 1 atom stereocenters. The molecule has 0 aromatic heterocycles. The average molecular weight is 276 g/mol. The van der Waals surface area contributed by atoms with E-state index in [0.717, 1.165) is 32.8 Å². The van der Waals surface area contributed by atoms with Crippen molar-refractivity contribution in [1.82, 2.24) is 5.32 Å². The molecular weight excluding hydrogens is 248 g/mol. The van der Waals surface area contributed by atoms with E-state index in [1.165, 1.54) is 24.9 Å². The number of benzene rings is 1. The molecule has 1 unspecified atom stereocenters. The van der Waals surface area contributed by atoms with Crippen LogP contribution in [0.2, 0.25) is 0 Å². The van der Waals surface area contributed by atoms with Gasteiger partial charge in [0, 0.05) is 37.8 Å². The third-order valence-electron chi connectivity index (χ3n) is 4.10. The molecule has 1 N–H and O–H groups in total. The third kappa shape index (κ3) is 4.22. The van der Waals surface area contributed by atoms with Gasteiger partial charge in [-0.25, -0.2) is 0 Å². The molecule has 112 valence electrons. The van der Waals surface area contributed by atoms with Crippen molar-refractivity contribution in [2.75, 3.05) is 44.8 Å². The van der Waals surface area contributed by atoms with Crippen molar-refractivity contribution in [3.05, 3.63) is 30.3 Å². The first-order valence-corrected chi connectivity index (χ1v) is 7.80. The van der Waals surface area contributed by atoms with E-state index in [9.17, 15) is 0 Å². The number of anilines is 1. The van der Waals surface area contributed by atoms with Gasteiger partial charge in [0.2, 0.25) is 0 Å². The number of nitrogens with zero attached hydrogens (tertiary/aromatic N) is 1. The quantitative estimate of drug-likeness (QED) is 0.775. The summed E-state index contributed by atoms with van der Waals surface area (Å²) >= 11 is 0. The Labute approximate surface area is 123 Å². The van der Waals surface area contributed by atoms with E-state index in [2.05, 4.69) is 54.5 Å². The van der Waals surface area contributed by atoms with Gasteiger partial charge in [-0.3, -0.25) is 0 Å². The van der Waals surface area contributed by atoms with E-state index >= 15 is 0 Å². The van der Waals surface area contributed by atoms with E-state index < -0.39 is 0 Å². The summed E-state index contributed by atoms with van der Waals surface area (Å²) < 4.78 is 5.79. The SMILES string of the molecule is CCCNCC1(CN(C)c2ccccc2)CCCOC1. The van der Waals surface area contributed by atoms with Crippen molar-refractivity contribution in [1.29, 1.82) is 0 Å². The summed E-state index contributed by atoms with van der Waals surface area (Å²) in [6.07, 6.45) is 3.61. The van der Waals surface area contributed by atoms with E-state index in [-0.39, 0.29) is 5.41 Å². The first-order chi connectivity index (χ1) is 9.76. The number of rotatable bonds is 7. The summed E-state index contributed by atoms with van der Waals surface area (Å²) in [4.78, 5) is 2.36. The van der Waals surface area contributed by atoms with Crippen LogP contribution in [0.15, 0.2) is 30.3 Å². The van der Waals surface area contributed by atoms with Gasteiger partial charge >= 0.3 is 0 Å². The van der Waals surface area contributed by atoms with Gasteiger partial charge in [0.1, 0.15) is 0 Å². The van der Waals surface area contributed by atoms with Crippen LogP contribution < -0.4 is 10.2 Å². The van der Waals surface area contributed by atoms with Crippen molar-refractivity contribution in [3.63, 3.8) is 0 Å². The molecular formula is C17H28N2O. The molecule has 1 fully saturated rings. The Hall–Kier alpha value is -1.06. The van der Waals surface area contributed by atoms with Crippen LogP contribution in [0.25, 0.3) is 0 Å². The van der Waals surface area contributed by atoms with Crippen molar-refractivity contribution in [2.24, 2.45) is 5.41 Å². The Balaban J connectivity index is 1.99. The van der Waals surface area contributed by atoms with Crippen molar-refractivity contribution in [3.8, 4) is 0 Å². The van der Waals surface area contributed by atoms with Crippen molar-refractivity contribution in [2.45, 2.75) is 26.2 Å². The maximum absolute atomic E-state index is 5.79. The topological polar surface area (TPSA) is 24.5 Å². The Bertz CT molecular complexity index is 374. The highest BCUT2D eigenvalue weighted by Crippen LogP contribution is 2.30. The predicted octanol–water partition coefficient (Wildman–Crippen LogP) is 2.92. The first kappa shape index (κ1) is 15.3. The molecule has 0 saturated carbocycles. The molecule has 1 saturated heterocycles. The smallest absolute Gasteiger partial charge is 0.0551 e. The zero-order valence-electron chi connectivity index (χ0n) is 12.9. The molecule has 1 aromatic rings. The summed E-state index contributed by atoms with van der Waals surface area (Å²) in [7, 11) is 2.19. The molecule has 2 rings (SSSR count). The maximum Gasteiger partial charge on any atom is 0.0551 e. The highest BCUT2D eigenvalue weighted by atomic mass is 16.5. The minimum atomic E-state index is 0.248. The van der Waals surface area contributed by atoms with Gasteiger partial charge in [-0.2, -0.15) is 0 Å². The summed E-state index contributed by atoms with van der Waals surface area (Å²) in [5.74, 6) is 0. The van der Waals surface area contributed by atoms with Gasteiger partial charge in [0.25, 0.3) is 0 Å². The molecule has 0 radical (unpaired) electrons. The summed E-state index contributed by atoms with van der Waals surface area (Å²) in [5.41, 5.74) is 1.53. The number of para-hydroxylation sites is 1. The van der Waals surface area contributed by atoms with E-state index in [4.69, 9.17) is 4.74 Å². The lowest BCUT2D eigenvalue weighted by atomic mass is 9.81. The van der Waals surface area contributed by atoms with Crippen LogP contribution in [0, 0.1) is 5.41 Å². The van der Waals surface area contributed by atoms with Crippen LogP contribution in [0.1, 0.15) is 26.2 Å². The Kier molecular flexibility index (Phi) is 5.86. The molecule has 1 aliphatic heterocycles. The predicted molar refractivity (Wildman–Crippen MR) is 85.4 cm³/mol. The summed E-state index contributed by atoms with van der Waals surface area (Å²) in [6.45, 7) is 7.21. The lowest BCUT2D eigenvalue weighted by molar-refractivity contribution is -0.00264. The van der Waals surface area contributed by atoms with Gasteiger partial charge in [-0.1, -0.05) is 25.1 Å². The van der Waals surface area contributed by atoms with Crippen LogP contribution >= 0.6 is 0 Å². The van der Waals surface area contributed by atoms with Crippen LogP contribution in [0.5, 0.6) is 0 Å². The molecule has 3 heteroatoms. The third-order valence-corrected chi connectivity index (χ3v) is 4.10. The molecule has 20 heavy (non-hydrogen) atoms. The molecule has 0 aliphatic carbocycles.